The number of rotatable bonds is 5. The van der Waals surface area contributed by atoms with Crippen molar-refractivity contribution in [3.05, 3.63) is 35.6 Å². The maximum atomic E-state index is 14.0. The maximum absolute atomic E-state index is 14.0. The monoisotopic (exact) mass is 310 g/mol. The standard InChI is InChI=1S/C17H27FN2S/c1-12(11-20-9-10-21-14(3)13(20)2)17(19-4)15-7-5-6-8-16(15)18/h5-8,12-14,17,19H,9-11H2,1-4H3. The van der Waals surface area contributed by atoms with Gasteiger partial charge in [-0.1, -0.05) is 32.0 Å². The summed E-state index contributed by atoms with van der Waals surface area (Å²) in [6.45, 7) is 8.96. The van der Waals surface area contributed by atoms with Crippen molar-refractivity contribution < 1.29 is 4.39 Å². The Kier molecular flexibility index (Phi) is 6.08. The van der Waals surface area contributed by atoms with Crippen molar-refractivity contribution in [1.82, 2.24) is 10.2 Å². The molecule has 21 heavy (non-hydrogen) atoms. The first-order chi connectivity index (χ1) is 10.0. The second-order valence-electron chi connectivity index (χ2n) is 6.08. The maximum Gasteiger partial charge on any atom is 0.127 e. The predicted octanol–water partition coefficient (Wildman–Crippen LogP) is 3.55. The van der Waals surface area contributed by atoms with Crippen LogP contribution in [0.2, 0.25) is 0 Å². The first-order valence-electron chi connectivity index (χ1n) is 7.82. The molecular weight excluding hydrogens is 283 g/mol. The van der Waals surface area contributed by atoms with E-state index in [-0.39, 0.29) is 11.9 Å². The minimum atomic E-state index is -0.112. The van der Waals surface area contributed by atoms with Gasteiger partial charge in [0.25, 0.3) is 0 Å². The molecule has 4 atom stereocenters. The molecule has 1 fully saturated rings. The van der Waals surface area contributed by atoms with Gasteiger partial charge in [0.1, 0.15) is 5.82 Å². The van der Waals surface area contributed by atoms with Crippen LogP contribution in [0, 0.1) is 11.7 Å². The zero-order valence-corrected chi connectivity index (χ0v) is 14.3. The highest BCUT2D eigenvalue weighted by Gasteiger charge is 2.29. The van der Waals surface area contributed by atoms with Crippen LogP contribution < -0.4 is 5.32 Å². The first kappa shape index (κ1) is 16.8. The van der Waals surface area contributed by atoms with Crippen molar-refractivity contribution in [3.8, 4) is 0 Å². The van der Waals surface area contributed by atoms with Gasteiger partial charge in [0.15, 0.2) is 0 Å². The summed E-state index contributed by atoms with van der Waals surface area (Å²) in [6.07, 6.45) is 0. The summed E-state index contributed by atoms with van der Waals surface area (Å²) in [5.41, 5.74) is 0.777. The molecule has 0 radical (unpaired) electrons. The molecule has 1 aliphatic rings. The van der Waals surface area contributed by atoms with E-state index in [0.717, 1.165) is 18.7 Å². The van der Waals surface area contributed by atoms with Gasteiger partial charge in [0.05, 0.1) is 0 Å². The molecule has 0 aliphatic carbocycles. The third kappa shape index (κ3) is 3.99. The lowest BCUT2D eigenvalue weighted by Crippen LogP contribution is -2.47. The Bertz CT molecular complexity index is 454. The van der Waals surface area contributed by atoms with Crippen LogP contribution in [0.25, 0.3) is 0 Å². The molecule has 1 N–H and O–H groups in total. The van der Waals surface area contributed by atoms with Gasteiger partial charge in [-0.3, -0.25) is 4.90 Å². The van der Waals surface area contributed by atoms with E-state index in [1.165, 1.54) is 5.75 Å². The van der Waals surface area contributed by atoms with Gasteiger partial charge in [-0.05, 0) is 26.0 Å². The molecule has 0 spiro atoms. The van der Waals surface area contributed by atoms with Crippen LogP contribution in [-0.2, 0) is 0 Å². The number of hydrogen-bond donors (Lipinski definition) is 1. The van der Waals surface area contributed by atoms with Crippen molar-refractivity contribution in [3.63, 3.8) is 0 Å². The average molecular weight is 310 g/mol. The fourth-order valence-corrected chi connectivity index (χ4v) is 4.36. The molecule has 0 saturated carbocycles. The number of halogens is 1. The summed E-state index contributed by atoms with van der Waals surface area (Å²) in [5.74, 6) is 1.45. The number of thioether (sulfide) groups is 1. The minimum absolute atomic E-state index is 0.0586. The van der Waals surface area contributed by atoms with Crippen LogP contribution in [0.3, 0.4) is 0 Å². The van der Waals surface area contributed by atoms with E-state index in [9.17, 15) is 4.39 Å². The number of benzene rings is 1. The molecule has 0 aromatic heterocycles. The lowest BCUT2D eigenvalue weighted by Gasteiger charge is -2.40. The Hall–Kier alpha value is -0.580. The normalized spacial score (nSPS) is 26.5. The van der Waals surface area contributed by atoms with Crippen molar-refractivity contribution in [2.45, 2.75) is 38.1 Å². The second-order valence-corrected chi connectivity index (χ2v) is 7.56. The van der Waals surface area contributed by atoms with Crippen molar-refractivity contribution in [2.75, 3.05) is 25.9 Å². The Labute approximate surface area is 132 Å². The Morgan fingerprint density at radius 3 is 2.76 bits per heavy atom. The van der Waals surface area contributed by atoms with Crippen LogP contribution in [0.5, 0.6) is 0 Å². The van der Waals surface area contributed by atoms with E-state index in [1.807, 2.05) is 19.2 Å². The van der Waals surface area contributed by atoms with Crippen LogP contribution in [0.1, 0.15) is 32.4 Å². The van der Waals surface area contributed by atoms with E-state index in [1.54, 1.807) is 12.1 Å². The van der Waals surface area contributed by atoms with Gasteiger partial charge in [0.2, 0.25) is 0 Å². The van der Waals surface area contributed by atoms with E-state index >= 15 is 0 Å². The van der Waals surface area contributed by atoms with Crippen LogP contribution in [0.4, 0.5) is 4.39 Å². The fraction of sp³-hybridized carbons (Fsp3) is 0.647. The van der Waals surface area contributed by atoms with E-state index in [2.05, 4.69) is 42.7 Å². The lowest BCUT2D eigenvalue weighted by atomic mass is 9.93. The van der Waals surface area contributed by atoms with Crippen LogP contribution >= 0.6 is 11.8 Å². The summed E-state index contributed by atoms with van der Waals surface area (Å²) in [5, 5.41) is 3.98. The third-order valence-corrected chi connectivity index (χ3v) is 6.00. The van der Waals surface area contributed by atoms with Crippen LogP contribution in [-0.4, -0.2) is 42.1 Å². The molecule has 4 unspecified atom stereocenters. The zero-order chi connectivity index (χ0) is 15.4. The largest absolute Gasteiger partial charge is 0.313 e. The smallest absolute Gasteiger partial charge is 0.127 e. The Morgan fingerprint density at radius 1 is 1.38 bits per heavy atom. The molecule has 118 valence electrons. The molecule has 1 aromatic carbocycles. The van der Waals surface area contributed by atoms with Gasteiger partial charge in [-0.25, -0.2) is 4.39 Å². The van der Waals surface area contributed by atoms with E-state index in [4.69, 9.17) is 0 Å². The fourth-order valence-electron chi connectivity index (χ4n) is 3.20. The Morgan fingerprint density at radius 2 is 2.10 bits per heavy atom. The molecule has 1 saturated heterocycles. The molecular formula is C17H27FN2S. The molecule has 2 rings (SSSR count). The second kappa shape index (κ2) is 7.61. The predicted molar refractivity (Wildman–Crippen MR) is 90.3 cm³/mol. The van der Waals surface area contributed by atoms with Crippen molar-refractivity contribution in [1.29, 1.82) is 0 Å². The van der Waals surface area contributed by atoms with Gasteiger partial charge in [-0.15, -0.1) is 0 Å². The summed E-state index contributed by atoms with van der Waals surface area (Å²) in [6, 6.07) is 7.76. The van der Waals surface area contributed by atoms with E-state index in [0.29, 0.717) is 17.2 Å². The molecule has 0 bridgehead atoms. The molecule has 2 nitrogen and oxygen atoms in total. The molecule has 1 aliphatic heterocycles. The summed E-state index contributed by atoms with van der Waals surface area (Å²) in [4.78, 5) is 2.55. The summed E-state index contributed by atoms with van der Waals surface area (Å²) in [7, 11) is 1.92. The number of nitrogens with zero attached hydrogens (tertiary/aromatic N) is 1. The highest BCUT2D eigenvalue weighted by atomic mass is 32.2. The molecule has 1 aromatic rings. The minimum Gasteiger partial charge on any atom is -0.313 e. The summed E-state index contributed by atoms with van der Waals surface area (Å²) >= 11 is 2.05. The first-order valence-corrected chi connectivity index (χ1v) is 8.86. The summed E-state index contributed by atoms with van der Waals surface area (Å²) < 4.78 is 14.0. The number of hydrogen-bond acceptors (Lipinski definition) is 3. The number of nitrogens with one attached hydrogen (secondary N) is 1. The zero-order valence-electron chi connectivity index (χ0n) is 13.5. The topological polar surface area (TPSA) is 15.3 Å². The Balaban J connectivity index is 2.07. The van der Waals surface area contributed by atoms with E-state index < -0.39 is 0 Å². The van der Waals surface area contributed by atoms with Crippen molar-refractivity contribution in [2.24, 2.45) is 5.92 Å². The average Bonchev–Trinajstić information content (AvgIpc) is 2.47. The lowest BCUT2D eigenvalue weighted by molar-refractivity contribution is 0.168. The molecule has 4 heteroatoms. The SMILES string of the molecule is CNC(c1ccccc1F)C(C)CN1CCSC(C)C1C. The van der Waals surface area contributed by atoms with Crippen LogP contribution in [0.15, 0.2) is 24.3 Å². The van der Waals surface area contributed by atoms with Gasteiger partial charge >= 0.3 is 0 Å². The van der Waals surface area contributed by atoms with Gasteiger partial charge in [0, 0.05) is 41.7 Å². The highest BCUT2D eigenvalue weighted by molar-refractivity contribution is 8.00. The van der Waals surface area contributed by atoms with Gasteiger partial charge < -0.3 is 5.32 Å². The quantitative estimate of drug-likeness (QED) is 0.895. The highest BCUT2D eigenvalue weighted by Crippen LogP contribution is 2.29. The molecule has 1 heterocycles. The van der Waals surface area contributed by atoms with Crippen molar-refractivity contribution >= 4 is 11.8 Å². The van der Waals surface area contributed by atoms with Gasteiger partial charge in [-0.2, -0.15) is 11.8 Å². The third-order valence-electron chi connectivity index (χ3n) is 4.66. The molecule has 0 amide bonds.